The van der Waals surface area contributed by atoms with Crippen LogP contribution >= 0.6 is 0 Å². The Labute approximate surface area is 125 Å². The van der Waals surface area contributed by atoms with Crippen LogP contribution in [0.1, 0.15) is 34.2 Å². The molecule has 0 saturated carbocycles. The van der Waals surface area contributed by atoms with Crippen molar-refractivity contribution in [3.05, 3.63) is 76.9 Å². The average Bonchev–Trinajstić information content (AvgIpc) is 3.01. The Kier molecular flexibility index (Phi) is 3.37. The van der Waals surface area contributed by atoms with Gasteiger partial charge in [0.05, 0.1) is 0 Å². The van der Waals surface area contributed by atoms with E-state index in [-0.39, 0.29) is 18.9 Å². The fraction of sp³-hybridized carbons (Fsp3) is 0.176. The summed E-state index contributed by atoms with van der Waals surface area (Å²) in [5.41, 5.74) is 5.73. The molecule has 0 bridgehead atoms. The maximum absolute atomic E-state index is 3.65. The van der Waals surface area contributed by atoms with Crippen molar-refractivity contribution >= 4 is 24.9 Å². The molecular weight excluding hydrogens is 225 g/mol. The number of fused-ring (bicyclic) bond motifs is 2. The zero-order chi connectivity index (χ0) is 11.9. The van der Waals surface area contributed by atoms with E-state index >= 15 is 0 Å². The molecule has 4 rings (SSSR count). The molecule has 19 heavy (non-hydrogen) atoms. The fourth-order valence-electron chi connectivity index (χ4n) is 3.22. The molecule has 1 heterocycles. The standard InChI is InChI=1S/C17H15N.Li.H/c1-3-7-14-12(5-1)9-10-16(14)17-15-8-4-2-6-13(15)11-18-17;;/h1-10,16-18H,11H2;;. The van der Waals surface area contributed by atoms with Gasteiger partial charge in [-0.15, -0.1) is 0 Å². The zero-order valence-electron chi connectivity index (χ0n) is 10.1. The van der Waals surface area contributed by atoms with Crippen LogP contribution in [0.15, 0.2) is 54.6 Å². The minimum absolute atomic E-state index is 0. The predicted octanol–water partition coefficient (Wildman–Crippen LogP) is 2.99. The van der Waals surface area contributed by atoms with Crippen molar-refractivity contribution in [1.82, 2.24) is 5.32 Å². The van der Waals surface area contributed by atoms with E-state index in [1.807, 2.05) is 0 Å². The number of hydrogen-bond acceptors (Lipinski definition) is 1. The van der Waals surface area contributed by atoms with Gasteiger partial charge in [0.2, 0.25) is 0 Å². The van der Waals surface area contributed by atoms with Crippen LogP contribution in [-0.2, 0) is 6.54 Å². The Morgan fingerprint density at radius 3 is 2.53 bits per heavy atom. The molecule has 1 aliphatic carbocycles. The van der Waals surface area contributed by atoms with E-state index < -0.39 is 0 Å². The number of nitrogens with one attached hydrogen (secondary N) is 1. The molecule has 2 aliphatic rings. The molecule has 90 valence electrons. The minimum atomic E-state index is 0. The first-order chi connectivity index (χ1) is 8.93. The van der Waals surface area contributed by atoms with Gasteiger partial charge in [0, 0.05) is 18.5 Å². The number of rotatable bonds is 1. The first-order valence-corrected chi connectivity index (χ1v) is 6.52. The summed E-state index contributed by atoms with van der Waals surface area (Å²) in [5, 5.41) is 3.65. The first kappa shape index (κ1) is 12.8. The monoisotopic (exact) mass is 241 g/mol. The van der Waals surface area contributed by atoms with Crippen molar-refractivity contribution in [2.24, 2.45) is 0 Å². The normalized spacial score (nSPS) is 22.7. The van der Waals surface area contributed by atoms with Gasteiger partial charge in [-0.1, -0.05) is 60.7 Å². The van der Waals surface area contributed by atoms with Crippen LogP contribution in [0, 0.1) is 0 Å². The summed E-state index contributed by atoms with van der Waals surface area (Å²) in [6.45, 7) is 0.993. The van der Waals surface area contributed by atoms with Crippen LogP contribution in [0.4, 0.5) is 0 Å². The second-order valence-corrected chi connectivity index (χ2v) is 5.07. The van der Waals surface area contributed by atoms with Gasteiger partial charge in [-0.25, -0.2) is 0 Å². The topological polar surface area (TPSA) is 12.0 Å². The molecule has 1 N–H and O–H groups in total. The van der Waals surface area contributed by atoms with Crippen LogP contribution in [-0.4, -0.2) is 18.9 Å². The number of benzene rings is 2. The predicted molar refractivity (Wildman–Crippen MR) is 81.4 cm³/mol. The summed E-state index contributed by atoms with van der Waals surface area (Å²) in [6.07, 6.45) is 4.59. The van der Waals surface area contributed by atoms with E-state index in [0.717, 1.165) is 6.54 Å². The summed E-state index contributed by atoms with van der Waals surface area (Å²) >= 11 is 0. The molecule has 2 atom stereocenters. The van der Waals surface area contributed by atoms with Crippen LogP contribution in [0.5, 0.6) is 0 Å². The van der Waals surface area contributed by atoms with Crippen molar-refractivity contribution < 1.29 is 0 Å². The van der Waals surface area contributed by atoms with E-state index in [0.29, 0.717) is 12.0 Å². The summed E-state index contributed by atoms with van der Waals surface area (Å²) in [5.74, 6) is 0.477. The Hall–Kier alpha value is -1.26. The molecule has 0 amide bonds. The van der Waals surface area contributed by atoms with Gasteiger partial charge in [-0.3, -0.25) is 0 Å². The van der Waals surface area contributed by atoms with Crippen molar-refractivity contribution in [2.75, 3.05) is 0 Å². The quantitative estimate of drug-likeness (QED) is 0.757. The van der Waals surface area contributed by atoms with Gasteiger partial charge < -0.3 is 5.32 Å². The van der Waals surface area contributed by atoms with E-state index in [2.05, 4.69) is 66.0 Å². The Morgan fingerprint density at radius 2 is 1.63 bits per heavy atom. The Balaban J connectivity index is 0.00000110. The third kappa shape index (κ3) is 1.99. The zero-order valence-corrected chi connectivity index (χ0v) is 10.1. The SMILES string of the molecule is C1=CC(C2NCc3ccccc32)c2ccccc21.[LiH]. The van der Waals surface area contributed by atoms with Crippen molar-refractivity contribution in [3.63, 3.8) is 0 Å². The third-order valence-corrected chi connectivity index (χ3v) is 4.10. The van der Waals surface area contributed by atoms with Crippen LogP contribution in [0.2, 0.25) is 0 Å². The molecule has 0 saturated heterocycles. The van der Waals surface area contributed by atoms with E-state index in [1.165, 1.54) is 22.3 Å². The van der Waals surface area contributed by atoms with E-state index in [1.54, 1.807) is 0 Å². The van der Waals surface area contributed by atoms with Gasteiger partial charge in [-0.05, 0) is 22.3 Å². The summed E-state index contributed by atoms with van der Waals surface area (Å²) in [4.78, 5) is 0. The van der Waals surface area contributed by atoms with Gasteiger partial charge in [-0.2, -0.15) is 0 Å². The van der Waals surface area contributed by atoms with Crippen LogP contribution in [0.25, 0.3) is 6.08 Å². The molecule has 2 heteroatoms. The van der Waals surface area contributed by atoms with Crippen LogP contribution < -0.4 is 5.32 Å². The molecule has 0 aromatic heterocycles. The van der Waals surface area contributed by atoms with E-state index in [9.17, 15) is 0 Å². The van der Waals surface area contributed by atoms with Gasteiger partial charge in [0.25, 0.3) is 0 Å². The molecule has 2 aromatic rings. The summed E-state index contributed by atoms with van der Waals surface area (Å²) in [6, 6.07) is 17.9. The first-order valence-electron chi connectivity index (χ1n) is 6.52. The average molecular weight is 241 g/mol. The van der Waals surface area contributed by atoms with Crippen molar-refractivity contribution in [1.29, 1.82) is 0 Å². The molecular formula is C17H16LiN. The van der Waals surface area contributed by atoms with Crippen molar-refractivity contribution in [2.45, 2.75) is 18.5 Å². The molecule has 0 fully saturated rings. The third-order valence-electron chi connectivity index (χ3n) is 4.10. The Morgan fingerprint density at radius 1 is 0.895 bits per heavy atom. The molecule has 0 radical (unpaired) electrons. The summed E-state index contributed by atoms with van der Waals surface area (Å²) < 4.78 is 0. The van der Waals surface area contributed by atoms with Crippen LogP contribution in [0.3, 0.4) is 0 Å². The molecule has 0 spiro atoms. The second-order valence-electron chi connectivity index (χ2n) is 5.07. The summed E-state index contributed by atoms with van der Waals surface area (Å²) in [7, 11) is 0. The Bertz CT molecular complexity index is 633. The fourth-order valence-corrected chi connectivity index (χ4v) is 3.22. The maximum atomic E-state index is 3.65. The van der Waals surface area contributed by atoms with Gasteiger partial charge in [0.1, 0.15) is 0 Å². The van der Waals surface area contributed by atoms with Gasteiger partial charge >= 0.3 is 18.9 Å². The van der Waals surface area contributed by atoms with Gasteiger partial charge in [0.15, 0.2) is 0 Å². The molecule has 2 aromatic carbocycles. The second kappa shape index (κ2) is 5.02. The molecule has 1 aliphatic heterocycles. The molecule has 2 unspecified atom stereocenters. The van der Waals surface area contributed by atoms with E-state index in [4.69, 9.17) is 0 Å². The molecule has 1 nitrogen and oxygen atoms in total. The number of hydrogen-bond donors (Lipinski definition) is 1. The van der Waals surface area contributed by atoms with Crippen molar-refractivity contribution in [3.8, 4) is 0 Å².